The summed E-state index contributed by atoms with van der Waals surface area (Å²) < 4.78 is 14.7. The van der Waals surface area contributed by atoms with Gasteiger partial charge >= 0.3 is 0 Å². The molecule has 292 valence electrons. The van der Waals surface area contributed by atoms with E-state index in [0.29, 0.717) is 5.92 Å². The first-order valence-electron chi connectivity index (χ1n) is 21.8. The fourth-order valence-electron chi connectivity index (χ4n) is 10.8. The Labute approximate surface area is 341 Å². The first-order chi connectivity index (χ1) is 27.5. The molecule has 3 aliphatic carbocycles. The molecule has 1 aromatic heterocycles. The molecule has 0 spiro atoms. The van der Waals surface area contributed by atoms with Crippen molar-refractivity contribution in [3.8, 4) is 28.0 Å². The Balaban J connectivity index is 1.12. The zero-order chi connectivity index (χ0) is 39.6. The van der Waals surface area contributed by atoms with Gasteiger partial charge in [0.1, 0.15) is 23.2 Å². The Morgan fingerprint density at radius 3 is 2.49 bits per heavy atom. The van der Waals surface area contributed by atoms with Crippen LogP contribution in [0.15, 0.2) is 119 Å². The molecule has 9 rings (SSSR count). The van der Waals surface area contributed by atoms with Crippen LogP contribution in [0.4, 0.5) is 0 Å². The zero-order valence-corrected chi connectivity index (χ0v) is 35.5. The molecule has 57 heavy (non-hydrogen) atoms. The van der Waals surface area contributed by atoms with Gasteiger partial charge in [0, 0.05) is 33.4 Å². The Morgan fingerprint density at radius 1 is 0.912 bits per heavy atom. The SMILES string of the molecule is C/C=C\Cc1ccc(-c2cccc3c(C)c(C(C4C=CCCC4)C4Oc5c(-c6ccc7c(c6)C(C)(C)C6=C7C=CCC6)cccc5C4C)oc23)cc1C(C)(C)CC. The van der Waals surface area contributed by atoms with Gasteiger partial charge in [-0.25, -0.2) is 0 Å². The maximum absolute atomic E-state index is 7.40. The third-order valence-corrected chi connectivity index (χ3v) is 14.5. The van der Waals surface area contributed by atoms with Crippen molar-refractivity contribution in [2.75, 3.05) is 0 Å². The van der Waals surface area contributed by atoms with Gasteiger partial charge in [-0.15, -0.1) is 0 Å². The molecule has 0 saturated heterocycles. The number of benzene rings is 4. The van der Waals surface area contributed by atoms with Crippen LogP contribution in [0.2, 0.25) is 0 Å². The van der Waals surface area contributed by atoms with E-state index in [1.54, 1.807) is 5.57 Å². The van der Waals surface area contributed by atoms with Crippen molar-refractivity contribution in [3.05, 3.63) is 154 Å². The minimum absolute atomic E-state index is 0.0262. The molecule has 4 atom stereocenters. The summed E-state index contributed by atoms with van der Waals surface area (Å²) in [5.74, 6) is 2.76. The molecule has 5 aromatic rings. The normalized spacial score (nSPS) is 21.6. The number of para-hydroxylation sites is 2. The highest BCUT2D eigenvalue weighted by molar-refractivity contribution is 5.95. The zero-order valence-electron chi connectivity index (χ0n) is 35.5. The van der Waals surface area contributed by atoms with Crippen LogP contribution in [-0.2, 0) is 17.3 Å². The maximum Gasteiger partial charge on any atom is 0.142 e. The minimum atomic E-state index is -0.0514. The summed E-state index contributed by atoms with van der Waals surface area (Å²) in [4.78, 5) is 0. The molecular formula is C55H60O2. The lowest BCUT2D eigenvalue weighted by Gasteiger charge is -2.32. The fourth-order valence-corrected chi connectivity index (χ4v) is 10.8. The summed E-state index contributed by atoms with van der Waals surface area (Å²) in [7, 11) is 0. The Hall–Kier alpha value is -4.82. The Kier molecular flexibility index (Phi) is 9.62. The summed E-state index contributed by atoms with van der Waals surface area (Å²) in [5.41, 5.74) is 17.2. The highest BCUT2D eigenvalue weighted by atomic mass is 16.5. The minimum Gasteiger partial charge on any atom is -0.488 e. The number of hydrogen-bond donors (Lipinski definition) is 0. The van der Waals surface area contributed by atoms with Crippen molar-refractivity contribution in [1.82, 2.24) is 0 Å². The van der Waals surface area contributed by atoms with Crippen molar-refractivity contribution in [3.63, 3.8) is 0 Å². The van der Waals surface area contributed by atoms with Gasteiger partial charge in [0.2, 0.25) is 0 Å². The van der Waals surface area contributed by atoms with Crippen LogP contribution < -0.4 is 4.74 Å². The molecular weight excluding hydrogens is 693 g/mol. The van der Waals surface area contributed by atoms with Crippen LogP contribution in [0.25, 0.3) is 38.8 Å². The van der Waals surface area contributed by atoms with E-state index in [4.69, 9.17) is 9.15 Å². The molecule has 0 radical (unpaired) electrons. The van der Waals surface area contributed by atoms with Crippen LogP contribution in [-0.4, -0.2) is 6.10 Å². The monoisotopic (exact) mass is 752 g/mol. The van der Waals surface area contributed by atoms with E-state index in [1.807, 2.05) is 0 Å². The number of aryl methyl sites for hydroxylation is 1. The number of furan rings is 1. The van der Waals surface area contributed by atoms with Gasteiger partial charge in [0.25, 0.3) is 0 Å². The first kappa shape index (κ1) is 37.7. The van der Waals surface area contributed by atoms with Crippen LogP contribution in [0.1, 0.15) is 138 Å². The third kappa shape index (κ3) is 6.21. The van der Waals surface area contributed by atoms with Crippen LogP contribution in [0.5, 0.6) is 5.75 Å². The molecule has 2 heteroatoms. The summed E-state index contributed by atoms with van der Waals surface area (Å²) in [6.07, 6.45) is 21.7. The van der Waals surface area contributed by atoms with Gasteiger partial charge in [0.05, 0.1) is 5.92 Å². The first-order valence-corrected chi connectivity index (χ1v) is 21.8. The average Bonchev–Trinajstić information content (AvgIpc) is 3.83. The van der Waals surface area contributed by atoms with Gasteiger partial charge in [-0.2, -0.15) is 0 Å². The van der Waals surface area contributed by atoms with Crippen molar-refractivity contribution >= 4 is 16.5 Å². The summed E-state index contributed by atoms with van der Waals surface area (Å²) in [6, 6.07) is 27.8. The van der Waals surface area contributed by atoms with Crippen molar-refractivity contribution in [2.24, 2.45) is 5.92 Å². The van der Waals surface area contributed by atoms with Gasteiger partial charge in [-0.05, 0) is 121 Å². The highest BCUT2D eigenvalue weighted by Crippen LogP contribution is 2.55. The van der Waals surface area contributed by atoms with Crippen LogP contribution in [0.3, 0.4) is 0 Å². The molecule has 0 bridgehead atoms. The number of rotatable bonds is 9. The van der Waals surface area contributed by atoms with E-state index in [0.717, 1.165) is 55.6 Å². The number of fused-ring (bicyclic) bond motifs is 4. The molecule has 0 saturated carbocycles. The standard InChI is InChI=1S/C55H60O2/c1-9-11-19-36-28-29-38(32-47(36)54(5,6)10-2)42-25-17-23-40-34(3)50(56-52(40)42)49(37-20-13-12-14-21-37)51-35(4)41-24-18-26-43(53(41)57-51)39-30-31-45-44-22-15-16-27-46(44)55(7,8)48(45)33-39/h9,11,13,15,17-18,20,22-26,28-33,35,37,49,51H,10,12,14,16,19,21,27H2,1-8H3/b11-9-. The topological polar surface area (TPSA) is 22.4 Å². The summed E-state index contributed by atoms with van der Waals surface area (Å²) >= 11 is 0. The van der Waals surface area contributed by atoms with Gasteiger partial charge in [0.15, 0.2) is 0 Å². The second-order valence-electron chi connectivity index (χ2n) is 18.5. The number of ether oxygens (including phenoxy) is 1. The lowest BCUT2D eigenvalue weighted by atomic mass is 9.75. The second kappa shape index (κ2) is 14.5. The largest absolute Gasteiger partial charge is 0.488 e. The molecule has 1 aliphatic heterocycles. The van der Waals surface area contributed by atoms with Gasteiger partial charge < -0.3 is 9.15 Å². The molecule has 0 amide bonds. The molecule has 4 unspecified atom stereocenters. The highest BCUT2D eigenvalue weighted by Gasteiger charge is 2.45. The molecule has 4 aliphatic rings. The quantitative estimate of drug-likeness (QED) is 0.140. The molecule has 0 N–H and O–H groups in total. The fraction of sp³-hybridized carbons (Fsp3) is 0.382. The predicted octanol–water partition coefficient (Wildman–Crippen LogP) is 15.3. The van der Waals surface area contributed by atoms with E-state index < -0.39 is 0 Å². The van der Waals surface area contributed by atoms with E-state index >= 15 is 0 Å². The molecule has 4 aromatic carbocycles. The molecule has 0 fully saturated rings. The maximum atomic E-state index is 7.40. The van der Waals surface area contributed by atoms with Crippen LogP contribution in [0, 0.1) is 12.8 Å². The Bertz CT molecular complexity index is 2490. The summed E-state index contributed by atoms with van der Waals surface area (Å²) in [5, 5.41) is 1.21. The average molecular weight is 753 g/mol. The third-order valence-electron chi connectivity index (χ3n) is 14.5. The van der Waals surface area contributed by atoms with E-state index in [2.05, 4.69) is 165 Å². The van der Waals surface area contributed by atoms with Gasteiger partial charge in [-0.3, -0.25) is 0 Å². The lowest BCUT2D eigenvalue weighted by molar-refractivity contribution is 0.139. The predicted molar refractivity (Wildman–Crippen MR) is 240 cm³/mol. The van der Waals surface area contributed by atoms with E-state index in [9.17, 15) is 0 Å². The number of allylic oxidation sites excluding steroid dienone is 8. The van der Waals surface area contributed by atoms with Gasteiger partial charge in [-0.1, -0.05) is 150 Å². The van der Waals surface area contributed by atoms with E-state index in [-0.39, 0.29) is 28.8 Å². The molecule has 2 nitrogen and oxygen atoms in total. The van der Waals surface area contributed by atoms with Crippen molar-refractivity contribution < 1.29 is 9.15 Å². The number of hydrogen-bond acceptors (Lipinski definition) is 2. The lowest BCUT2D eigenvalue weighted by Crippen LogP contribution is -2.31. The van der Waals surface area contributed by atoms with Crippen molar-refractivity contribution in [1.29, 1.82) is 0 Å². The Morgan fingerprint density at radius 2 is 1.70 bits per heavy atom. The van der Waals surface area contributed by atoms with E-state index in [1.165, 1.54) is 73.0 Å². The smallest absolute Gasteiger partial charge is 0.142 e. The van der Waals surface area contributed by atoms with Crippen molar-refractivity contribution in [2.45, 2.75) is 129 Å². The summed E-state index contributed by atoms with van der Waals surface area (Å²) in [6.45, 7) is 18.7. The molecule has 2 heterocycles. The second-order valence-corrected chi connectivity index (χ2v) is 18.5. The van der Waals surface area contributed by atoms with Crippen LogP contribution >= 0.6 is 0 Å².